The van der Waals surface area contributed by atoms with Gasteiger partial charge in [0.2, 0.25) is 5.91 Å². The number of nitrogens with two attached hydrogens (primary N) is 1. The highest BCUT2D eigenvalue weighted by molar-refractivity contribution is 5.75. The third-order valence-corrected chi connectivity index (χ3v) is 5.77. The van der Waals surface area contributed by atoms with Crippen LogP contribution in [0.3, 0.4) is 0 Å². The van der Waals surface area contributed by atoms with Gasteiger partial charge in [0.25, 0.3) is 0 Å². The number of carbonyl (C=O) groups is 1. The van der Waals surface area contributed by atoms with Crippen molar-refractivity contribution in [1.82, 2.24) is 29.9 Å². The van der Waals surface area contributed by atoms with E-state index in [0.717, 1.165) is 63.5 Å². The summed E-state index contributed by atoms with van der Waals surface area (Å²) < 4.78 is 1.80. The van der Waals surface area contributed by atoms with Gasteiger partial charge >= 0.3 is 0 Å². The van der Waals surface area contributed by atoms with Gasteiger partial charge in [0.1, 0.15) is 11.6 Å². The highest BCUT2D eigenvalue weighted by Gasteiger charge is 2.44. The summed E-state index contributed by atoms with van der Waals surface area (Å²) in [5, 5.41) is 11.3. The molecular formula is C18H26N8O. The third kappa shape index (κ3) is 3.64. The van der Waals surface area contributed by atoms with Crippen LogP contribution in [-0.4, -0.2) is 61.9 Å². The number of nitrogens with one attached hydrogen (secondary N) is 1. The maximum atomic E-state index is 11.2. The lowest BCUT2D eigenvalue weighted by Crippen LogP contribution is -2.45. The van der Waals surface area contributed by atoms with Crippen molar-refractivity contribution < 1.29 is 4.79 Å². The van der Waals surface area contributed by atoms with E-state index in [1.54, 1.807) is 10.9 Å². The van der Waals surface area contributed by atoms with Gasteiger partial charge in [-0.15, -0.1) is 5.10 Å². The summed E-state index contributed by atoms with van der Waals surface area (Å²) in [5.41, 5.74) is 7.92. The predicted molar refractivity (Wildman–Crippen MR) is 100 cm³/mol. The third-order valence-electron chi connectivity index (χ3n) is 5.77. The fourth-order valence-electron chi connectivity index (χ4n) is 4.39. The molecule has 1 aliphatic heterocycles. The van der Waals surface area contributed by atoms with Crippen molar-refractivity contribution in [3.8, 4) is 0 Å². The van der Waals surface area contributed by atoms with E-state index in [1.165, 1.54) is 11.3 Å². The van der Waals surface area contributed by atoms with E-state index in [9.17, 15) is 4.79 Å². The highest BCUT2D eigenvalue weighted by atomic mass is 16.1. The number of amides is 1. The molecule has 3 heterocycles. The number of likely N-dealkylation sites (tertiary alicyclic amines) is 1. The summed E-state index contributed by atoms with van der Waals surface area (Å²) in [7, 11) is 0. The van der Waals surface area contributed by atoms with Crippen molar-refractivity contribution in [2.45, 2.75) is 44.6 Å². The van der Waals surface area contributed by atoms with E-state index >= 15 is 0 Å². The summed E-state index contributed by atoms with van der Waals surface area (Å²) in [6.45, 7) is 5.57. The summed E-state index contributed by atoms with van der Waals surface area (Å²) >= 11 is 0. The molecule has 2 aromatic heterocycles. The van der Waals surface area contributed by atoms with E-state index in [2.05, 4.69) is 25.5 Å². The molecule has 0 atom stereocenters. The molecule has 0 aromatic carbocycles. The Morgan fingerprint density at radius 2 is 2.11 bits per heavy atom. The van der Waals surface area contributed by atoms with Crippen LogP contribution in [0, 0.1) is 6.92 Å². The molecule has 0 bridgehead atoms. The fourth-order valence-corrected chi connectivity index (χ4v) is 4.39. The molecule has 27 heavy (non-hydrogen) atoms. The molecule has 144 valence electrons. The average molecular weight is 370 g/mol. The Hall–Kier alpha value is -2.55. The van der Waals surface area contributed by atoms with Crippen LogP contribution in [0.15, 0.2) is 12.4 Å². The number of nitrogens with zero attached hydrogens (tertiary/aromatic N) is 6. The van der Waals surface area contributed by atoms with Gasteiger partial charge in [0, 0.05) is 23.7 Å². The molecule has 1 aliphatic carbocycles. The lowest BCUT2D eigenvalue weighted by Gasteiger charge is -2.39. The number of primary amides is 1. The Kier molecular flexibility index (Phi) is 4.77. The van der Waals surface area contributed by atoms with Crippen LogP contribution < -0.4 is 11.1 Å². The van der Waals surface area contributed by atoms with Crippen LogP contribution in [0.2, 0.25) is 0 Å². The summed E-state index contributed by atoms with van der Waals surface area (Å²) in [5.74, 6) is 1.50. The van der Waals surface area contributed by atoms with Crippen LogP contribution >= 0.6 is 0 Å². The minimum Gasteiger partial charge on any atom is -0.369 e. The van der Waals surface area contributed by atoms with Gasteiger partial charge in [-0.05, 0) is 45.7 Å². The first kappa shape index (κ1) is 17.8. The zero-order valence-corrected chi connectivity index (χ0v) is 15.7. The van der Waals surface area contributed by atoms with Crippen molar-refractivity contribution in [3.05, 3.63) is 29.5 Å². The van der Waals surface area contributed by atoms with Gasteiger partial charge in [0.15, 0.2) is 0 Å². The topological polar surface area (TPSA) is 115 Å². The zero-order chi connectivity index (χ0) is 18.9. The summed E-state index contributed by atoms with van der Waals surface area (Å²) in [6.07, 6.45) is 7.66. The van der Waals surface area contributed by atoms with Crippen LogP contribution in [0.5, 0.6) is 0 Å². The largest absolute Gasteiger partial charge is 0.369 e. The first-order chi connectivity index (χ1) is 13.1. The van der Waals surface area contributed by atoms with Crippen molar-refractivity contribution in [2.24, 2.45) is 5.73 Å². The number of rotatable bonds is 6. The van der Waals surface area contributed by atoms with E-state index in [0.29, 0.717) is 6.54 Å². The van der Waals surface area contributed by atoms with Crippen LogP contribution in [-0.2, 0) is 23.2 Å². The first-order valence-corrected chi connectivity index (χ1v) is 9.52. The maximum Gasteiger partial charge on any atom is 0.231 e. The standard InChI is InChI=1S/C18H26N8O/c1-13-22-16-14(17(23-13)20-6-10-26-11-7-21-24-26)2-3-18(16)4-8-25(9-5-18)12-15(19)27/h7,11H,2-6,8-10,12H2,1H3,(H2,19,27)(H,20,22,23). The Morgan fingerprint density at radius 1 is 1.30 bits per heavy atom. The van der Waals surface area contributed by atoms with Gasteiger partial charge in [0.05, 0.1) is 25.0 Å². The van der Waals surface area contributed by atoms with Crippen molar-refractivity contribution in [3.63, 3.8) is 0 Å². The van der Waals surface area contributed by atoms with Crippen LogP contribution in [0.4, 0.5) is 5.82 Å². The second-order valence-electron chi connectivity index (χ2n) is 7.56. The fraction of sp³-hybridized carbons (Fsp3) is 0.611. The Labute approximate surface area is 158 Å². The molecule has 2 aliphatic rings. The van der Waals surface area contributed by atoms with Gasteiger partial charge in [-0.3, -0.25) is 14.4 Å². The Morgan fingerprint density at radius 3 is 2.81 bits per heavy atom. The molecule has 1 fully saturated rings. The van der Waals surface area contributed by atoms with E-state index in [4.69, 9.17) is 10.7 Å². The number of carbonyl (C=O) groups excluding carboxylic acids is 1. The van der Waals surface area contributed by atoms with Crippen LogP contribution in [0.1, 0.15) is 36.3 Å². The molecule has 3 N–H and O–H groups in total. The molecule has 0 unspecified atom stereocenters. The van der Waals surface area contributed by atoms with Gasteiger partial charge in [-0.2, -0.15) is 0 Å². The monoisotopic (exact) mass is 370 g/mol. The molecule has 1 spiro atoms. The molecule has 2 aromatic rings. The summed E-state index contributed by atoms with van der Waals surface area (Å²) in [4.78, 5) is 22.8. The van der Waals surface area contributed by atoms with Crippen molar-refractivity contribution >= 4 is 11.7 Å². The second kappa shape index (κ2) is 7.22. The molecule has 4 rings (SSSR count). The first-order valence-electron chi connectivity index (χ1n) is 9.52. The molecular weight excluding hydrogens is 344 g/mol. The quantitative estimate of drug-likeness (QED) is 0.749. The Bertz CT molecular complexity index is 811. The maximum absolute atomic E-state index is 11.2. The minimum absolute atomic E-state index is 0.111. The molecule has 9 nitrogen and oxygen atoms in total. The number of fused-ring (bicyclic) bond motifs is 2. The normalized spacial score (nSPS) is 18.6. The number of aryl methyl sites for hydroxylation is 1. The van der Waals surface area contributed by atoms with Crippen molar-refractivity contribution in [2.75, 3.05) is 31.5 Å². The highest BCUT2D eigenvalue weighted by Crippen LogP contribution is 2.46. The van der Waals surface area contributed by atoms with Crippen molar-refractivity contribution in [1.29, 1.82) is 0 Å². The zero-order valence-electron chi connectivity index (χ0n) is 15.7. The number of hydrogen-bond donors (Lipinski definition) is 2. The van der Waals surface area contributed by atoms with Gasteiger partial charge in [-0.25, -0.2) is 9.97 Å². The number of piperidine rings is 1. The molecule has 9 heteroatoms. The number of aromatic nitrogens is 5. The van der Waals surface area contributed by atoms with Crippen LogP contribution in [0.25, 0.3) is 0 Å². The minimum atomic E-state index is -0.255. The molecule has 0 radical (unpaired) electrons. The van der Waals surface area contributed by atoms with E-state index in [1.807, 2.05) is 13.1 Å². The summed E-state index contributed by atoms with van der Waals surface area (Å²) in [6, 6.07) is 0. The molecule has 1 saturated heterocycles. The van der Waals surface area contributed by atoms with E-state index in [-0.39, 0.29) is 11.3 Å². The van der Waals surface area contributed by atoms with E-state index < -0.39 is 0 Å². The number of anilines is 1. The second-order valence-corrected chi connectivity index (χ2v) is 7.56. The van der Waals surface area contributed by atoms with Gasteiger partial charge < -0.3 is 11.1 Å². The predicted octanol–water partition coefficient (Wildman–Crippen LogP) is 0.254. The lowest BCUT2D eigenvalue weighted by atomic mass is 9.76. The average Bonchev–Trinajstić information content (AvgIpc) is 3.26. The van der Waals surface area contributed by atoms with Gasteiger partial charge in [-0.1, -0.05) is 5.21 Å². The smallest absolute Gasteiger partial charge is 0.231 e. The Balaban J connectivity index is 1.48. The molecule has 0 saturated carbocycles. The lowest BCUT2D eigenvalue weighted by molar-refractivity contribution is -0.119. The molecule has 1 amide bonds. The number of hydrogen-bond acceptors (Lipinski definition) is 7. The SMILES string of the molecule is Cc1nc(NCCn2ccnn2)c2c(n1)C1(CC2)CCN(CC(N)=O)CC1.